The SMILES string of the molecule is O=C(O)[C@H](Br)Cc1ccccc1Cl. The van der Waals surface area contributed by atoms with Gasteiger partial charge in [0.1, 0.15) is 4.83 Å². The molecule has 0 bridgehead atoms. The van der Waals surface area contributed by atoms with E-state index in [1.54, 1.807) is 6.07 Å². The average molecular weight is 264 g/mol. The van der Waals surface area contributed by atoms with Gasteiger partial charge in [0.05, 0.1) is 0 Å². The van der Waals surface area contributed by atoms with Gasteiger partial charge in [-0.2, -0.15) is 0 Å². The Labute approximate surface area is 89.7 Å². The van der Waals surface area contributed by atoms with E-state index in [9.17, 15) is 4.79 Å². The lowest BCUT2D eigenvalue weighted by Crippen LogP contribution is -2.15. The maximum absolute atomic E-state index is 10.5. The molecule has 0 spiro atoms. The Kier molecular flexibility index (Phi) is 3.75. The fourth-order valence-electron chi connectivity index (χ4n) is 0.944. The Bertz CT molecular complexity index is 314. The molecule has 2 nitrogen and oxygen atoms in total. The molecule has 1 aromatic rings. The molecular formula is C9H8BrClO2. The van der Waals surface area contributed by atoms with E-state index in [4.69, 9.17) is 16.7 Å². The molecule has 0 radical (unpaired) electrons. The highest BCUT2D eigenvalue weighted by atomic mass is 79.9. The molecule has 1 N–H and O–H groups in total. The first-order chi connectivity index (χ1) is 6.11. The summed E-state index contributed by atoms with van der Waals surface area (Å²) in [6, 6.07) is 7.22. The largest absolute Gasteiger partial charge is 0.480 e. The monoisotopic (exact) mass is 262 g/mol. The first kappa shape index (κ1) is 10.5. The van der Waals surface area contributed by atoms with E-state index in [1.807, 2.05) is 18.2 Å². The number of aliphatic carboxylic acids is 1. The zero-order valence-electron chi connectivity index (χ0n) is 6.71. The summed E-state index contributed by atoms with van der Waals surface area (Å²) in [5, 5.41) is 9.25. The second-order valence-corrected chi connectivity index (χ2v) is 4.11. The van der Waals surface area contributed by atoms with Crippen LogP contribution in [-0.4, -0.2) is 15.9 Å². The molecule has 0 saturated heterocycles. The summed E-state index contributed by atoms with van der Waals surface area (Å²) in [5.74, 6) is -0.875. The quantitative estimate of drug-likeness (QED) is 0.852. The van der Waals surface area contributed by atoms with E-state index in [1.165, 1.54) is 0 Å². The summed E-state index contributed by atoms with van der Waals surface area (Å²) < 4.78 is 0. The molecule has 0 aliphatic rings. The number of carboxylic acid groups (broad SMARTS) is 1. The van der Waals surface area contributed by atoms with Gasteiger partial charge in [-0.3, -0.25) is 4.79 Å². The minimum absolute atomic E-state index is 0.398. The van der Waals surface area contributed by atoms with Crippen molar-refractivity contribution in [3.8, 4) is 0 Å². The van der Waals surface area contributed by atoms with Crippen molar-refractivity contribution in [2.75, 3.05) is 0 Å². The van der Waals surface area contributed by atoms with Gasteiger partial charge in [-0.05, 0) is 18.1 Å². The number of rotatable bonds is 3. The van der Waals surface area contributed by atoms with Gasteiger partial charge in [-0.15, -0.1) is 0 Å². The molecule has 4 heteroatoms. The number of halogens is 2. The van der Waals surface area contributed by atoms with Crippen molar-refractivity contribution >= 4 is 33.5 Å². The Morgan fingerprint density at radius 2 is 2.15 bits per heavy atom. The molecule has 0 unspecified atom stereocenters. The lowest BCUT2D eigenvalue weighted by atomic mass is 10.1. The first-order valence-electron chi connectivity index (χ1n) is 3.71. The van der Waals surface area contributed by atoms with Crippen LogP contribution < -0.4 is 0 Å². The molecule has 0 saturated carbocycles. The molecule has 0 aliphatic heterocycles. The van der Waals surface area contributed by atoms with E-state index < -0.39 is 10.8 Å². The Hall–Kier alpha value is -0.540. The van der Waals surface area contributed by atoms with Gasteiger partial charge in [-0.1, -0.05) is 45.7 Å². The van der Waals surface area contributed by atoms with Crippen LogP contribution in [0.15, 0.2) is 24.3 Å². The highest BCUT2D eigenvalue weighted by Gasteiger charge is 2.14. The van der Waals surface area contributed by atoms with Crippen LogP contribution >= 0.6 is 27.5 Å². The smallest absolute Gasteiger partial charge is 0.317 e. The van der Waals surface area contributed by atoms with E-state index >= 15 is 0 Å². The maximum atomic E-state index is 10.5. The van der Waals surface area contributed by atoms with Crippen LogP contribution in [0.4, 0.5) is 0 Å². The summed E-state index contributed by atoms with van der Waals surface area (Å²) in [5.41, 5.74) is 0.841. The third-order valence-electron chi connectivity index (χ3n) is 1.62. The van der Waals surface area contributed by atoms with Gasteiger partial charge in [-0.25, -0.2) is 0 Å². The second kappa shape index (κ2) is 4.63. The van der Waals surface area contributed by atoms with Crippen molar-refractivity contribution in [2.24, 2.45) is 0 Å². The zero-order valence-corrected chi connectivity index (χ0v) is 9.05. The molecule has 0 amide bonds. The molecule has 70 valence electrons. The summed E-state index contributed by atoms with van der Waals surface area (Å²) in [7, 11) is 0. The van der Waals surface area contributed by atoms with Gasteiger partial charge >= 0.3 is 5.97 Å². The lowest BCUT2D eigenvalue weighted by molar-refractivity contribution is -0.136. The first-order valence-corrected chi connectivity index (χ1v) is 5.01. The molecular weight excluding hydrogens is 255 g/mol. The molecule has 1 atom stereocenters. The minimum atomic E-state index is -0.875. The van der Waals surface area contributed by atoms with Crippen LogP contribution in [-0.2, 0) is 11.2 Å². The maximum Gasteiger partial charge on any atom is 0.317 e. The van der Waals surface area contributed by atoms with E-state index in [0.29, 0.717) is 11.4 Å². The van der Waals surface area contributed by atoms with E-state index in [-0.39, 0.29) is 0 Å². The minimum Gasteiger partial charge on any atom is -0.480 e. The Balaban J connectivity index is 2.74. The normalized spacial score (nSPS) is 12.5. The average Bonchev–Trinajstić information content (AvgIpc) is 2.08. The molecule has 0 aromatic heterocycles. The molecule has 1 aromatic carbocycles. The Morgan fingerprint density at radius 3 is 2.69 bits per heavy atom. The van der Waals surface area contributed by atoms with E-state index in [0.717, 1.165) is 5.56 Å². The number of alkyl halides is 1. The summed E-state index contributed by atoms with van der Waals surface area (Å²) in [4.78, 5) is 9.95. The Morgan fingerprint density at radius 1 is 1.54 bits per heavy atom. The number of carbonyl (C=O) groups is 1. The van der Waals surface area contributed by atoms with Gasteiger partial charge in [0.15, 0.2) is 0 Å². The van der Waals surface area contributed by atoms with Crippen molar-refractivity contribution in [3.63, 3.8) is 0 Å². The number of hydrogen-bond acceptors (Lipinski definition) is 1. The van der Waals surface area contributed by atoms with Gasteiger partial charge < -0.3 is 5.11 Å². The number of carboxylic acids is 1. The van der Waals surface area contributed by atoms with Gasteiger partial charge in [0.25, 0.3) is 0 Å². The summed E-state index contributed by atoms with van der Waals surface area (Å²) in [6.07, 6.45) is 0.398. The molecule has 0 aliphatic carbocycles. The summed E-state index contributed by atoms with van der Waals surface area (Å²) in [6.45, 7) is 0. The van der Waals surface area contributed by atoms with Crippen molar-refractivity contribution < 1.29 is 9.90 Å². The molecule has 13 heavy (non-hydrogen) atoms. The van der Waals surface area contributed by atoms with Crippen molar-refractivity contribution in [1.82, 2.24) is 0 Å². The predicted molar refractivity (Wildman–Crippen MR) is 55.5 cm³/mol. The molecule has 0 fully saturated rings. The topological polar surface area (TPSA) is 37.3 Å². The van der Waals surface area contributed by atoms with Crippen LogP contribution in [0.1, 0.15) is 5.56 Å². The fraction of sp³-hybridized carbons (Fsp3) is 0.222. The molecule has 1 rings (SSSR count). The number of hydrogen-bond donors (Lipinski definition) is 1. The summed E-state index contributed by atoms with van der Waals surface area (Å²) >= 11 is 8.91. The number of benzene rings is 1. The van der Waals surface area contributed by atoms with Crippen LogP contribution in [0, 0.1) is 0 Å². The van der Waals surface area contributed by atoms with Crippen molar-refractivity contribution in [2.45, 2.75) is 11.2 Å². The van der Waals surface area contributed by atoms with Crippen molar-refractivity contribution in [1.29, 1.82) is 0 Å². The highest BCUT2D eigenvalue weighted by Crippen LogP contribution is 2.19. The van der Waals surface area contributed by atoms with Crippen LogP contribution in [0.25, 0.3) is 0 Å². The predicted octanol–water partition coefficient (Wildman–Crippen LogP) is 2.73. The van der Waals surface area contributed by atoms with Crippen molar-refractivity contribution in [3.05, 3.63) is 34.9 Å². The standard InChI is InChI=1S/C9H8BrClO2/c10-7(9(12)13)5-6-3-1-2-4-8(6)11/h1-4,7H,5H2,(H,12,13)/t7-/m1/s1. The van der Waals surface area contributed by atoms with Crippen LogP contribution in [0.2, 0.25) is 5.02 Å². The second-order valence-electron chi connectivity index (χ2n) is 2.60. The fourth-order valence-corrected chi connectivity index (χ4v) is 1.51. The van der Waals surface area contributed by atoms with Crippen LogP contribution in [0.5, 0.6) is 0 Å². The van der Waals surface area contributed by atoms with Gasteiger partial charge in [0.2, 0.25) is 0 Å². The highest BCUT2D eigenvalue weighted by molar-refractivity contribution is 9.10. The zero-order chi connectivity index (χ0) is 9.84. The van der Waals surface area contributed by atoms with Gasteiger partial charge in [0, 0.05) is 5.02 Å². The van der Waals surface area contributed by atoms with E-state index in [2.05, 4.69) is 15.9 Å². The lowest BCUT2D eigenvalue weighted by Gasteiger charge is -2.05. The molecule has 0 heterocycles. The third kappa shape index (κ3) is 3.01. The van der Waals surface area contributed by atoms with Crippen LogP contribution in [0.3, 0.4) is 0 Å². The third-order valence-corrected chi connectivity index (χ3v) is 2.71.